The molecular weight excluding hydrogens is 206 g/mol. The zero-order valence-corrected chi connectivity index (χ0v) is 11.4. The second-order valence-electron chi connectivity index (χ2n) is 4.86. The van der Waals surface area contributed by atoms with Crippen LogP contribution in [0.25, 0.3) is 0 Å². The van der Waals surface area contributed by atoms with Crippen molar-refractivity contribution in [2.24, 2.45) is 0 Å². The average molecular weight is 233 g/mol. The summed E-state index contributed by atoms with van der Waals surface area (Å²) < 4.78 is 0. The predicted molar refractivity (Wildman–Crippen MR) is 76.4 cm³/mol. The van der Waals surface area contributed by atoms with E-state index in [-0.39, 0.29) is 0 Å². The zero-order valence-electron chi connectivity index (χ0n) is 11.4. The van der Waals surface area contributed by atoms with Gasteiger partial charge in [-0.25, -0.2) is 0 Å². The highest BCUT2D eigenvalue weighted by atomic mass is 14.9. The Morgan fingerprint density at radius 2 is 1.76 bits per heavy atom. The second kappa shape index (κ2) is 9.23. The van der Waals surface area contributed by atoms with Crippen LogP contribution in [0.5, 0.6) is 0 Å². The number of unbranched alkanes of at least 4 members (excludes halogenated alkanes) is 2. The van der Waals surface area contributed by atoms with Gasteiger partial charge >= 0.3 is 0 Å². The summed E-state index contributed by atoms with van der Waals surface area (Å²) >= 11 is 0. The largest absolute Gasteiger partial charge is 0.317 e. The maximum Gasteiger partial charge on any atom is 0.00639 e. The minimum atomic E-state index is 0.733. The molecule has 0 bridgehead atoms. The summed E-state index contributed by atoms with van der Waals surface area (Å²) in [6, 6.07) is 11.5. The molecule has 0 aliphatic rings. The number of benzene rings is 1. The predicted octanol–water partition coefficient (Wildman–Crippen LogP) is 4.18. The van der Waals surface area contributed by atoms with Crippen LogP contribution in [0.1, 0.15) is 51.0 Å². The van der Waals surface area contributed by atoms with E-state index >= 15 is 0 Å². The molecule has 1 rings (SSSR count). The summed E-state index contributed by atoms with van der Waals surface area (Å²) in [6.45, 7) is 2.26. The first-order chi connectivity index (χ1) is 8.36. The third-order valence-corrected chi connectivity index (χ3v) is 3.41. The topological polar surface area (TPSA) is 12.0 Å². The lowest BCUT2D eigenvalue weighted by atomic mass is 10.0. The Morgan fingerprint density at radius 3 is 2.41 bits per heavy atom. The van der Waals surface area contributed by atoms with Crippen LogP contribution in [0.15, 0.2) is 30.3 Å². The van der Waals surface area contributed by atoms with Gasteiger partial charge in [-0.05, 0) is 38.3 Å². The van der Waals surface area contributed by atoms with E-state index in [1.165, 1.54) is 50.5 Å². The summed E-state index contributed by atoms with van der Waals surface area (Å²) in [5.41, 5.74) is 1.48. The first-order valence-corrected chi connectivity index (χ1v) is 7.08. The summed E-state index contributed by atoms with van der Waals surface area (Å²) in [5, 5.41) is 3.41. The van der Waals surface area contributed by atoms with Gasteiger partial charge in [0.05, 0.1) is 0 Å². The van der Waals surface area contributed by atoms with Crippen LogP contribution in [0.2, 0.25) is 0 Å². The van der Waals surface area contributed by atoms with Gasteiger partial charge in [-0.1, -0.05) is 56.5 Å². The highest BCUT2D eigenvalue weighted by molar-refractivity contribution is 5.14. The molecule has 0 heterocycles. The molecule has 1 N–H and O–H groups in total. The van der Waals surface area contributed by atoms with Crippen LogP contribution in [0, 0.1) is 0 Å². The lowest BCUT2D eigenvalue weighted by Gasteiger charge is -2.14. The molecule has 96 valence electrons. The zero-order chi connectivity index (χ0) is 12.3. The van der Waals surface area contributed by atoms with E-state index in [1.54, 1.807) is 0 Å². The summed E-state index contributed by atoms with van der Waals surface area (Å²) in [7, 11) is 2.09. The smallest absolute Gasteiger partial charge is 0.00639 e. The maximum absolute atomic E-state index is 3.41. The Hall–Kier alpha value is -0.820. The van der Waals surface area contributed by atoms with Gasteiger partial charge in [-0.15, -0.1) is 0 Å². The van der Waals surface area contributed by atoms with Crippen molar-refractivity contribution in [3.8, 4) is 0 Å². The van der Waals surface area contributed by atoms with Crippen LogP contribution in [-0.2, 0) is 6.42 Å². The van der Waals surface area contributed by atoms with Crippen molar-refractivity contribution in [2.45, 2.75) is 57.9 Å². The molecule has 0 aromatic heterocycles. The molecule has 0 spiro atoms. The molecule has 1 unspecified atom stereocenters. The first kappa shape index (κ1) is 14.2. The molecule has 1 atom stereocenters. The third kappa shape index (κ3) is 6.48. The SMILES string of the molecule is CCCC(CCCCCc1ccccc1)NC. The van der Waals surface area contributed by atoms with Gasteiger partial charge in [0.2, 0.25) is 0 Å². The van der Waals surface area contributed by atoms with Gasteiger partial charge in [0.1, 0.15) is 0 Å². The Balaban J connectivity index is 2.04. The minimum Gasteiger partial charge on any atom is -0.317 e. The van der Waals surface area contributed by atoms with Crippen molar-refractivity contribution < 1.29 is 0 Å². The summed E-state index contributed by atoms with van der Waals surface area (Å²) in [4.78, 5) is 0. The molecule has 0 radical (unpaired) electrons. The number of rotatable bonds is 9. The monoisotopic (exact) mass is 233 g/mol. The molecule has 0 aliphatic heterocycles. The lowest BCUT2D eigenvalue weighted by molar-refractivity contribution is 0.458. The second-order valence-corrected chi connectivity index (χ2v) is 4.86. The van der Waals surface area contributed by atoms with Crippen molar-refractivity contribution in [1.82, 2.24) is 5.32 Å². The summed E-state index contributed by atoms with van der Waals surface area (Å²) in [6.07, 6.45) is 9.21. The number of aryl methyl sites for hydroxylation is 1. The highest BCUT2D eigenvalue weighted by Crippen LogP contribution is 2.11. The Labute approximate surface area is 107 Å². The number of nitrogens with one attached hydrogen (secondary N) is 1. The van der Waals surface area contributed by atoms with E-state index in [4.69, 9.17) is 0 Å². The molecule has 0 saturated carbocycles. The molecule has 1 heteroatoms. The Morgan fingerprint density at radius 1 is 1.00 bits per heavy atom. The van der Waals surface area contributed by atoms with Gasteiger partial charge < -0.3 is 5.32 Å². The molecule has 17 heavy (non-hydrogen) atoms. The van der Waals surface area contributed by atoms with Crippen LogP contribution < -0.4 is 5.32 Å². The van der Waals surface area contributed by atoms with Crippen LogP contribution in [0.3, 0.4) is 0 Å². The fraction of sp³-hybridized carbons (Fsp3) is 0.625. The van der Waals surface area contributed by atoms with E-state index < -0.39 is 0 Å². The molecule has 1 nitrogen and oxygen atoms in total. The van der Waals surface area contributed by atoms with Crippen molar-refractivity contribution in [3.63, 3.8) is 0 Å². The first-order valence-electron chi connectivity index (χ1n) is 7.08. The molecule has 1 aromatic carbocycles. The van der Waals surface area contributed by atoms with Crippen molar-refractivity contribution in [3.05, 3.63) is 35.9 Å². The fourth-order valence-electron chi connectivity index (χ4n) is 2.32. The molecule has 0 saturated heterocycles. The van der Waals surface area contributed by atoms with E-state index in [2.05, 4.69) is 49.6 Å². The molecule has 0 amide bonds. The Bertz CT molecular complexity index is 268. The van der Waals surface area contributed by atoms with Gasteiger partial charge in [0, 0.05) is 6.04 Å². The number of hydrogen-bond donors (Lipinski definition) is 1. The Kier molecular flexibility index (Phi) is 7.74. The molecular formula is C16H27N. The third-order valence-electron chi connectivity index (χ3n) is 3.41. The van der Waals surface area contributed by atoms with Crippen molar-refractivity contribution >= 4 is 0 Å². The normalized spacial score (nSPS) is 12.6. The fourth-order valence-corrected chi connectivity index (χ4v) is 2.32. The van der Waals surface area contributed by atoms with Gasteiger partial charge in [-0.3, -0.25) is 0 Å². The van der Waals surface area contributed by atoms with Crippen molar-refractivity contribution in [1.29, 1.82) is 0 Å². The van der Waals surface area contributed by atoms with E-state index in [0.29, 0.717) is 0 Å². The minimum absolute atomic E-state index is 0.733. The standard InChI is InChI=1S/C16H27N/c1-3-10-16(17-2)14-9-5-8-13-15-11-6-4-7-12-15/h4,6-7,11-12,16-17H,3,5,8-10,13-14H2,1-2H3. The lowest BCUT2D eigenvalue weighted by Crippen LogP contribution is -2.24. The molecule has 0 fully saturated rings. The number of hydrogen-bond acceptors (Lipinski definition) is 1. The van der Waals surface area contributed by atoms with Gasteiger partial charge in [0.15, 0.2) is 0 Å². The quantitative estimate of drug-likeness (QED) is 0.631. The highest BCUT2D eigenvalue weighted by Gasteiger charge is 2.03. The summed E-state index contributed by atoms with van der Waals surface area (Å²) in [5.74, 6) is 0. The van der Waals surface area contributed by atoms with Crippen LogP contribution in [-0.4, -0.2) is 13.1 Å². The van der Waals surface area contributed by atoms with E-state index in [9.17, 15) is 0 Å². The van der Waals surface area contributed by atoms with Crippen molar-refractivity contribution in [2.75, 3.05) is 7.05 Å². The van der Waals surface area contributed by atoms with Gasteiger partial charge in [-0.2, -0.15) is 0 Å². The van der Waals surface area contributed by atoms with Crippen LogP contribution >= 0.6 is 0 Å². The molecule has 0 aliphatic carbocycles. The van der Waals surface area contributed by atoms with E-state index in [1.807, 2.05) is 0 Å². The average Bonchev–Trinajstić information content (AvgIpc) is 2.38. The van der Waals surface area contributed by atoms with Crippen LogP contribution in [0.4, 0.5) is 0 Å². The molecule has 1 aromatic rings. The van der Waals surface area contributed by atoms with Gasteiger partial charge in [0.25, 0.3) is 0 Å². The maximum atomic E-state index is 3.41. The van der Waals surface area contributed by atoms with E-state index in [0.717, 1.165) is 6.04 Å².